The van der Waals surface area contributed by atoms with Crippen LogP contribution in [0.1, 0.15) is 5.56 Å². The number of aryl methyl sites for hydroxylation is 1. The van der Waals surface area contributed by atoms with E-state index in [0.717, 1.165) is 5.69 Å². The average molecular weight is 158 g/mol. The van der Waals surface area contributed by atoms with Crippen LogP contribution in [0.3, 0.4) is 0 Å². The molecule has 0 unspecified atom stereocenters. The first-order chi connectivity index (χ1) is 5.86. The molecular weight excluding hydrogens is 148 g/mol. The molecule has 2 nitrogen and oxygen atoms in total. The normalized spacial score (nSPS) is 10.1. The van der Waals surface area contributed by atoms with Crippen LogP contribution >= 0.6 is 0 Å². The van der Waals surface area contributed by atoms with Crippen molar-refractivity contribution in [3.63, 3.8) is 0 Å². The number of pyridine rings is 1. The predicted molar refractivity (Wildman–Crippen MR) is 48.8 cm³/mol. The molecule has 0 spiro atoms. The Bertz CT molecular complexity index is 362. The minimum absolute atomic E-state index is 1.15. The van der Waals surface area contributed by atoms with E-state index < -0.39 is 0 Å². The van der Waals surface area contributed by atoms with Gasteiger partial charge in [0, 0.05) is 29.8 Å². The van der Waals surface area contributed by atoms with E-state index in [1.54, 1.807) is 12.4 Å². The van der Waals surface area contributed by atoms with E-state index in [0.29, 0.717) is 0 Å². The Kier molecular flexibility index (Phi) is 1.67. The Balaban J connectivity index is 2.45. The van der Waals surface area contributed by atoms with Gasteiger partial charge in [0.25, 0.3) is 0 Å². The second-order valence-corrected chi connectivity index (χ2v) is 2.83. The summed E-state index contributed by atoms with van der Waals surface area (Å²) in [6, 6.07) is 6.10. The van der Waals surface area contributed by atoms with Crippen molar-refractivity contribution in [2.24, 2.45) is 0 Å². The van der Waals surface area contributed by atoms with Crippen molar-refractivity contribution in [1.82, 2.24) is 9.97 Å². The zero-order valence-corrected chi connectivity index (χ0v) is 6.91. The second kappa shape index (κ2) is 2.81. The summed E-state index contributed by atoms with van der Waals surface area (Å²) in [5, 5.41) is 0. The number of aromatic amines is 1. The number of aromatic nitrogens is 2. The lowest BCUT2D eigenvalue weighted by Crippen LogP contribution is -1.76. The number of nitrogens with zero attached hydrogens (tertiary/aromatic N) is 1. The molecule has 2 aromatic rings. The summed E-state index contributed by atoms with van der Waals surface area (Å²) >= 11 is 0. The van der Waals surface area contributed by atoms with Gasteiger partial charge >= 0.3 is 0 Å². The minimum Gasteiger partial charge on any atom is -0.361 e. The molecule has 0 radical (unpaired) electrons. The molecule has 12 heavy (non-hydrogen) atoms. The van der Waals surface area contributed by atoms with Gasteiger partial charge in [-0.05, 0) is 30.7 Å². The molecule has 0 amide bonds. The van der Waals surface area contributed by atoms with E-state index in [1.807, 2.05) is 18.3 Å². The molecule has 2 heteroatoms. The Morgan fingerprint density at radius 3 is 2.58 bits per heavy atom. The van der Waals surface area contributed by atoms with Crippen LogP contribution < -0.4 is 0 Å². The Hall–Kier alpha value is -1.57. The third-order valence-electron chi connectivity index (χ3n) is 1.82. The Morgan fingerprint density at radius 2 is 2.00 bits per heavy atom. The van der Waals surface area contributed by atoms with Crippen LogP contribution in [0.4, 0.5) is 0 Å². The van der Waals surface area contributed by atoms with Crippen molar-refractivity contribution in [1.29, 1.82) is 0 Å². The molecule has 0 saturated heterocycles. The standard InChI is InChI=1S/C10H10N2/c1-8-6-10(12-7-8)9-2-4-11-5-3-9/h2-7,12H,1H3. The summed E-state index contributed by atoms with van der Waals surface area (Å²) in [5.41, 5.74) is 3.58. The van der Waals surface area contributed by atoms with E-state index >= 15 is 0 Å². The van der Waals surface area contributed by atoms with Crippen molar-refractivity contribution < 1.29 is 0 Å². The molecule has 0 atom stereocenters. The van der Waals surface area contributed by atoms with E-state index in [1.165, 1.54) is 11.1 Å². The van der Waals surface area contributed by atoms with Gasteiger partial charge in [0.1, 0.15) is 0 Å². The molecule has 2 heterocycles. The summed E-state index contributed by atoms with van der Waals surface area (Å²) in [6.07, 6.45) is 5.59. The van der Waals surface area contributed by atoms with Crippen LogP contribution in [0.15, 0.2) is 36.8 Å². The summed E-state index contributed by atoms with van der Waals surface area (Å²) in [4.78, 5) is 7.16. The van der Waals surface area contributed by atoms with Gasteiger partial charge in [-0.1, -0.05) is 0 Å². The number of hydrogen-bond acceptors (Lipinski definition) is 1. The molecule has 0 aliphatic heterocycles. The van der Waals surface area contributed by atoms with Gasteiger partial charge in [-0.3, -0.25) is 4.98 Å². The van der Waals surface area contributed by atoms with Crippen LogP contribution in [-0.2, 0) is 0 Å². The van der Waals surface area contributed by atoms with E-state index in [-0.39, 0.29) is 0 Å². The topological polar surface area (TPSA) is 28.7 Å². The summed E-state index contributed by atoms with van der Waals surface area (Å²) < 4.78 is 0. The molecule has 1 N–H and O–H groups in total. The quantitative estimate of drug-likeness (QED) is 0.678. The van der Waals surface area contributed by atoms with Gasteiger partial charge < -0.3 is 4.98 Å². The van der Waals surface area contributed by atoms with Gasteiger partial charge in [0.05, 0.1) is 0 Å². The third kappa shape index (κ3) is 1.23. The zero-order valence-electron chi connectivity index (χ0n) is 6.91. The van der Waals surface area contributed by atoms with E-state index in [4.69, 9.17) is 0 Å². The number of hydrogen-bond donors (Lipinski definition) is 1. The maximum absolute atomic E-state index is 3.96. The van der Waals surface area contributed by atoms with Crippen LogP contribution in [0, 0.1) is 6.92 Å². The van der Waals surface area contributed by atoms with Crippen molar-refractivity contribution in [2.45, 2.75) is 6.92 Å². The SMILES string of the molecule is Cc1c[nH]c(-c2ccncc2)c1. The highest BCUT2D eigenvalue weighted by molar-refractivity contribution is 5.59. The van der Waals surface area contributed by atoms with Crippen LogP contribution in [0.25, 0.3) is 11.3 Å². The predicted octanol–water partition coefficient (Wildman–Crippen LogP) is 2.39. The molecule has 2 rings (SSSR count). The van der Waals surface area contributed by atoms with E-state index in [2.05, 4.69) is 23.0 Å². The largest absolute Gasteiger partial charge is 0.361 e. The maximum Gasteiger partial charge on any atom is 0.0457 e. The van der Waals surface area contributed by atoms with Gasteiger partial charge in [-0.15, -0.1) is 0 Å². The van der Waals surface area contributed by atoms with Crippen LogP contribution in [0.5, 0.6) is 0 Å². The van der Waals surface area contributed by atoms with Crippen LogP contribution in [0.2, 0.25) is 0 Å². The molecule has 0 fully saturated rings. The second-order valence-electron chi connectivity index (χ2n) is 2.83. The highest BCUT2D eigenvalue weighted by atomic mass is 14.7. The zero-order chi connectivity index (χ0) is 8.39. The lowest BCUT2D eigenvalue weighted by Gasteiger charge is -1.94. The summed E-state index contributed by atoms with van der Waals surface area (Å²) in [7, 11) is 0. The van der Waals surface area contributed by atoms with Gasteiger partial charge in [-0.25, -0.2) is 0 Å². The smallest absolute Gasteiger partial charge is 0.0457 e. The van der Waals surface area contributed by atoms with E-state index in [9.17, 15) is 0 Å². The van der Waals surface area contributed by atoms with Crippen molar-refractivity contribution in [3.8, 4) is 11.3 Å². The molecule has 0 aliphatic rings. The van der Waals surface area contributed by atoms with Crippen LogP contribution in [-0.4, -0.2) is 9.97 Å². The Morgan fingerprint density at radius 1 is 1.25 bits per heavy atom. The third-order valence-corrected chi connectivity index (χ3v) is 1.82. The number of rotatable bonds is 1. The molecule has 0 saturated carbocycles. The minimum atomic E-state index is 1.15. The summed E-state index contributed by atoms with van der Waals surface area (Å²) in [5.74, 6) is 0. The molecule has 0 aromatic carbocycles. The first-order valence-corrected chi connectivity index (χ1v) is 3.92. The molecule has 0 aliphatic carbocycles. The monoisotopic (exact) mass is 158 g/mol. The average Bonchev–Trinajstić information content (AvgIpc) is 2.54. The fraction of sp³-hybridized carbons (Fsp3) is 0.100. The summed E-state index contributed by atoms with van der Waals surface area (Å²) in [6.45, 7) is 2.07. The fourth-order valence-electron chi connectivity index (χ4n) is 1.20. The van der Waals surface area contributed by atoms with Gasteiger partial charge in [0.2, 0.25) is 0 Å². The number of nitrogens with one attached hydrogen (secondary N) is 1. The highest BCUT2D eigenvalue weighted by Crippen LogP contribution is 2.16. The fourth-order valence-corrected chi connectivity index (χ4v) is 1.20. The first-order valence-electron chi connectivity index (χ1n) is 3.92. The lowest BCUT2D eigenvalue weighted by atomic mass is 10.2. The highest BCUT2D eigenvalue weighted by Gasteiger charge is 1.96. The van der Waals surface area contributed by atoms with Crippen molar-refractivity contribution in [2.75, 3.05) is 0 Å². The Labute approximate surface area is 71.3 Å². The number of H-pyrrole nitrogens is 1. The lowest BCUT2D eigenvalue weighted by molar-refractivity contribution is 1.31. The maximum atomic E-state index is 3.96. The molecule has 60 valence electrons. The van der Waals surface area contributed by atoms with Gasteiger partial charge in [-0.2, -0.15) is 0 Å². The molecule has 0 bridgehead atoms. The van der Waals surface area contributed by atoms with Gasteiger partial charge in [0.15, 0.2) is 0 Å². The molecular formula is C10H10N2. The first kappa shape index (κ1) is 7.10. The van der Waals surface area contributed by atoms with Crippen molar-refractivity contribution in [3.05, 3.63) is 42.4 Å². The molecule has 2 aromatic heterocycles. The van der Waals surface area contributed by atoms with Crippen molar-refractivity contribution >= 4 is 0 Å².